The maximum atomic E-state index is 4.14. The molecule has 0 N–H and O–H groups in total. The molecule has 0 radical (unpaired) electrons. The first-order valence-corrected chi connectivity index (χ1v) is 4.51. The van der Waals surface area contributed by atoms with Gasteiger partial charge in [0.15, 0.2) is 0 Å². The number of hydrogen-bond acceptors (Lipinski definition) is 3. The van der Waals surface area contributed by atoms with Crippen LogP contribution in [0.25, 0.3) is 6.08 Å². The molecule has 1 heterocycles. The van der Waals surface area contributed by atoms with Crippen LogP contribution in [-0.2, 0) is 13.1 Å². The summed E-state index contributed by atoms with van der Waals surface area (Å²) in [5.41, 5.74) is 2.30. The fraction of sp³-hybridized carbons (Fsp3) is 0.556. The Balaban J connectivity index is 2.28. The Hall–Kier alpha value is -1.16. The molecule has 70 valence electrons. The molecule has 13 heavy (non-hydrogen) atoms. The first kappa shape index (κ1) is 8.44. The van der Waals surface area contributed by atoms with E-state index >= 15 is 0 Å². The van der Waals surface area contributed by atoms with Crippen molar-refractivity contribution in [3.05, 3.63) is 17.5 Å². The minimum atomic E-state index is 0.798. The molecule has 0 fully saturated rings. The molecule has 0 unspecified atom stereocenters. The number of nitrogens with zero attached hydrogens (tertiary/aromatic N) is 4. The highest BCUT2D eigenvalue weighted by molar-refractivity contribution is 5.49. The van der Waals surface area contributed by atoms with Crippen molar-refractivity contribution in [2.45, 2.75) is 19.5 Å². The Labute approximate surface area is 77.8 Å². The van der Waals surface area contributed by atoms with E-state index in [2.05, 4.69) is 27.4 Å². The fourth-order valence-electron chi connectivity index (χ4n) is 1.50. The predicted octanol–water partition coefficient (Wildman–Crippen LogP) is 0.757. The van der Waals surface area contributed by atoms with Crippen molar-refractivity contribution >= 4 is 6.08 Å². The van der Waals surface area contributed by atoms with Crippen LogP contribution in [0, 0.1) is 0 Å². The average molecular weight is 178 g/mol. The molecule has 1 aromatic rings. The molecular formula is C9H14N4. The summed E-state index contributed by atoms with van der Waals surface area (Å²) in [6.07, 6.45) is 6.41. The minimum absolute atomic E-state index is 0.798. The van der Waals surface area contributed by atoms with Crippen LogP contribution in [0.15, 0.2) is 6.08 Å². The highest BCUT2D eigenvalue weighted by Gasteiger charge is 2.12. The highest BCUT2D eigenvalue weighted by atomic mass is 15.5. The summed E-state index contributed by atoms with van der Waals surface area (Å²) in [7, 11) is 4.06. The fourth-order valence-corrected chi connectivity index (χ4v) is 1.50. The van der Waals surface area contributed by atoms with E-state index in [0.717, 1.165) is 25.2 Å². The predicted molar refractivity (Wildman–Crippen MR) is 51.1 cm³/mol. The van der Waals surface area contributed by atoms with Crippen molar-refractivity contribution in [3.63, 3.8) is 0 Å². The van der Waals surface area contributed by atoms with Gasteiger partial charge in [0.2, 0.25) is 0 Å². The molecule has 0 aliphatic heterocycles. The highest BCUT2D eigenvalue weighted by Crippen LogP contribution is 2.15. The van der Waals surface area contributed by atoms with E-state index in [1.54, 1.807) is 0 Å². The normalized spacial score (nSPS) is 15.0. The van der Waals surface area contributed by atoms with Crippen molar-refractivity contribution in [1.29, 1.82) is 0 Å². The van der Waals surface area contributed by atoms with E-state index in [1.807, 2.05) is 18.8 Å². The van der Waals surface area contributed by atoms with Crippen LogP contribution in [0.1, 0.15) is 17.8 Å². The molecule has 1 aliphatic carbocycles. The van der Waals surface area contributed by atoms with E-state index in [-0.39, 0.29) is 0 Å². The van der Waals surface area contributed by atoms with Gasteiger partial charge < -0.3 is 0 Å². The van der Waals surface area contributed by atoms with E-state index < -0.39 is 0 Å². The summed E-state index contributed by atoms with van der Waals surface area (Å²) in [4.78, 5) is 2.08. The molecule has 0 saturated carbocycles. The van der Waals surface area contributed by atoms with Crippen molar-refractivity contribution in [2.75, 3.05) is 14.1 Å². The summed E-state index contributed by atoms with van der Waals surface area (Å²) in [5, 5.41) is 8.26. The Morgan fingerprint density at radius 2 is 2.38 bits per heavy atom. The summed E-state index contributed by atoms with van der Waals surface area (Å²) < 4.78 is 1.94. The van der Waals surface area contributed by atoms with Crippen molar-refractivity contribution in [2.24, 2.45) is 0 Å². The second kappa shape index (κ2) is 3.30. The third-order valence-electron chi connectivity index (χ3n) is 2.09. The minimum Gasteiger partial charge on any atom is -0.291 e. The van der Waals surface area contributed by atoms with Gasteiger partial charge in [0.1, 0.15) is 0 Å². The standard InChI is InChI=1S/C9H14N4/c1-12(2)7-13-9-6-4-3-5-8(9)10-11-13/h4,6H,3,5,7H2,1-2H3. The largest absolute Gasteiger partial charge is 0.291 e. The molecule has 0 amide bonds. The Morgan fingerprint density at radius 3 is 3.15 bits per heavy atom. The van der Waals surface area contributed by atoms with Gasteiger partial charge in [-0.15, -0.1) is 5.10 Å². The number of allylic oxidation sites excluding steroid dienone is 1. The number of rotatable bonds is 2. The number of aryl methyl sites for hydroxylation is 1. The van der Waals surface area contributed by atoms with Crippen LogP contribution in [0.2, 0.25) is 0 Å². The number of aromatic nitrogens is 3. The zero-order chi connectivity index (χ0) is 9.26. The quantitative estimate of drug-likeness (QED) is 0.670. The topological polar surface area (TPSA) is 34.0 Å². The van der Waals surface area contributed by atoms with E-state index in [0.29, 0.717) is 0 Å². The smallest absolute Gasteiger partial charge is 0.0948 e. The Bertz CT molecular complexity index is 324. The van der Waals surface area contributed by atoms with Gasteiger partial charge in [-0.3, -0.25) is 4.90 Å². The maximum absolute atomic E-state index is 4.14. The van der Waals surface area contributed by atoms with E-state index in [4.69, 9.17) is 0 Å². The molecule has 4 nitrogen and oxygen atoms in total. The van der Waals surface area contributed by atoms with E-state index in [1.165, 1.54) is 5.69 Å². The lowest BCUT2D eigenvalue weighted by Gasteiger charge is -2.11. The van der Waals surface area contributed by atoms with Gasteiger partial charge in [-0.2, -0.15) is 0 Å². The van der Waals surface area contributed by atoms with Gasteiger partial charge in [0, 0.05) is 0 Å². The lowest BCUT2D eigenvalue weighted by Crippen LogP contribution is -2.19. The molecular weight excluding hydrogens is 164 g/mol. The average Bonchev–Trinajstić information content (AvgIpc) is 2.48. The number of hydrogen-bond donors (Lipinski definition) is 0. The van der Waals surface area contributed by atoms with Crippen LogP contribution in [0.4, 0.5) is 0 Å². The van der Waals surface area contributed by atoms with Gasteiger partial charge in [-0.05, 0) is 33.0 Å². The summed E-state index contributed by atoms with van der Waals surface area (Å²) in [6, 6.07) is 0. The van der Waals surface area contributed by atoms with Gasteiger partial charge in [0.05, 0.1) is 18.1 Å². The van der Waals surface area contributed by atoms with E-state index in [9.17, 15) is 0 Å². The number of fused-ring (bicyclic) bond motifs is 1. The van der Waals surface area contributed by atoms with Crippen molar-refractivity contribution in [3.8, 4) is 0 Å². The third kappa shape index (κ3) is 1.62. The van der Waals surface area contributed by atoms with Gasteiger partial charge in [-0.25, -0.2) is 4.68 Å². The van der Waals surface area contributed by atoms with Gasteiger partial charge >= 0.3 is 0 Å². The monoisotopic (exact) mass is 178 g/mol. The molecule has 0 spiro atoms. The van der Waals surface area contributed by atoms with Crippen molar-refractivity contribution < 1.29 is 0 Å². The SMILES string of the molecule is CN(C)Cn1nnc2c1C=CCC2. The second-order valence-corrected chi connectivity index (χ2v) is 3.58. The summed E-state index contributed by atoms with van der Waals surface area (Å²) >= 11 is 0. The first-order valence-electron chi connectivity index (χ1n) is 4.51. The van der Waals surface area contributed by atoms with Crippen molar-refractivity contribution in [1.82, 2.24) is 19.9 Å². The molecule has 4 heteroatoms. The van der Waals surface area contributed by atoms with Crippen LogP contribution in [0.3, 0.4) is 0 Å². The zero-order valence-corrected chi connectivity index (χ0v) is 8.06. The summed E-state index contributed by atoms with van der Waals surface area (Å²) in [6.45, 7) is 0.798. The zero-order valence-electron chi connectivity index (χ0n) is 8.06. The Morgan fingerprint density at radius 1 is 1.54 bits per heavy atom. The van der Waals surface area contributed by atoms with Crippen LogP contribution in [-0.4, -0.2) is 34.0 Å². The molecule has 1 aliphatic rings. The molecule has 1 aromatic heterocycles. The lowest BCUT2D eigenvalue weighted by atomic mass is 10.1. The lowest BCUT2D eigenvalue weighted by molar-refractivity contribution is 0.302. The maximum Gasteiger partial charge on any atom is 0.0948 e. The van der Waals surface area contributed by atoms with Gasteiger partial charge in [-0.1, -0.05) is 11.3 Å². The molecule has 0 saturated heterocycles. The molecule has 0 atom stereocenters. The van der Waals surface area contributed by atoms with Crippen LogP contribution in [0.5, 0.6) is 0 Å². The first-order chi connectivity index (χ1) is 6.27. The van der Waals surface area contributed by atoms with Gasteiger partial charge in [0.25, 0.3) is 0 Å². The molecule has 0 aromatic carbocycles. The Kier molecular flexibility index (Phi) is 2.14. The summed E-state index contributed by atoms with van der Waals surface area (Å²) in [5.74, 6) is 0. The second-order valence-electron chi connectivity index (χ2n) is 3.58. The molecule has 0 bridgehead atoms. The molecule has 2 rings (SSSR count). The van der Waals surface area contributed by atoms with Crippen LogP contribution < -0.4 is 0 Å². The van der Waals surface area contributed by atoms with Crippen LogP contribution >= 0.6 is 0 Å². The third-order valence-corrected chi connectivity index (χ3v) is 2.09.